The molecule has 0 spiro atoms. The van der Waals surface area contributed by atoms with Crippen molar-refractivity contribution in [3.8, 4) is 11.1 Å². The highest BCUT2D eigenvalue weighted by Gasteiger charge is 2.11. The Labute approximate surface area is 112 Å². The third kappa shape index (κ3) is 2.50. The average Bonchev–Trinajstić information content (AvgIpc) is 2.31. The smallest absolute Gasteiger partial charge is 0.0398 e. The Morgan fingerprint density at radius 2 is 1.56 bits per heavy atom. The molecule has 0 radical (unpaired) electrons. The normalized spacial score (nSPS) is 9.83. The van der Waals surface area contributed by atoms with Gasteiger partial charge in [-0.3, -0.25) is 0 Å². The van der Waals surface area contributed by atoms with E-state index in [4.69, 9.17) is 22.9 Å². The zero-order valence-electron chi connectivity index (χ0n) is 9.89. The quantitative estimate of drug-likeness (QED) is 0.623. The van der Waals surface area contributed by atoms with Gasteiger partial charge in [0.05, 0.1) is 0 Å². The monoisotopic (exact) mass is 264 g/mol. The minimum atomic E-state index is 0. The van der Waals surface area contributed by atoms with Crippen molar-refractivity contribution in [1.29, 1.82) is 0 Å². The lowest BCUT2D eigenvalue weighted by molar-refractivity contribution is 1.08. The highest BCUT2D eigenvalue weighted by Crippen LogP contribution is 2.33. The van der Waals surface area contributed by atoms with Gasteiger partial charge < -0.3 is 22.9 Å². The maximum Gasteiger partial charge on any atom is 0.0398 e. The zero-order chi connectivity index (χ0) is 12.4. The number of hydrogen-bond donors (Lipinski definition) is 4. The van der Waals surface area contributed by atoms with E-state index in [1.807, 2.05) is 24.3 Å². The first-order chi connectivity index (χ1) is 8.13. The van der Waals surface area contributed by atoms with E-state index in [1.165, 1.54) is 0 Å². The molecule has 0 aliphatic rings. The molecule has 0 amide bonds. The van der Waals surface area contributed by atoms with Crippen molar-refractivity contribution in [2.75, 3.05) is 17.2 Å². The van der Waals surface area contributed by atoms with Crippen molar-refractivity contribution in [2.45, 2.75) is 6.54 Å². The molecule has 18 heavy (non-hydrogen) atoms. The molecule has 0 aliphatic heterocycles. The summed E-state index contributed by atoms with van der Waals surface area (Å²) < 4.78 is 0. The fraction of sp³-hybridized carbons (Fsp3) is 0.0769. The maximum atomic E-state index is 6.00. The van der Waals surface area contributed by atoms with Gasteiger partial charge in [-0.1, -0.05) is 12.1 Å². The summed E-state index contributed by atoms with van der Waals surface area (Å²) in [6.45, 7) is 0.348. The van der Waals surface area contributed by atoms with Crippen LogP contribution < -0.4 is 22.9 Å². The summed E-state index contributed by atoms with van der Waals surface area (Å²) >= 11 is 0. The van der Waals surface area contributed by atoms with Gasteiger partial charge in [0.2, 0.25) is 0 Å². The zero-order valence-corrected chi connectivity index (χ0v) is 10.7. The van der Waals surface area contributed by atoms with Gasteiger partial charge >= 0.3 is 0 Å². The third-order valence-corrected chi connectivity index (χ3v) is 2.76. The molecule has 5 heteroatoms. The number of rotatable bonds is 2. The standard InChI is InChI=1S/C13H16N4.ClH/c14-7-10-11(16)4-5-12(17)13(10)8-2-1-3-9(15)6-8;/h1-6H,7,14-17H2;1H. The minimum Gasteiger partial charge on any atom is -0.399 e. The highest BCUT2D eigenvalue weighted by atomic mass is 35.5. The fourth-order valence-electron chi connectivity index (χ4n) is 1.94. The molecule has 0 saturated carbocycles. The second-order valence-electron chi connectivity index (χ2n) is 3.93. The Morgan fingerprint density at radius 3 is 2.17 bits per heavy atom. The largest absolute Gasteiger partial charge is 0.399 e. The number of nitrogen functional groups attached to an aromatic ring is 3. The lowest BCUT2D eigenvalue weighted by Gasteiger charge is -2.14. The van der Waals surface area contributed by atoms with Crippen molar-refractivity contribution in [3.63, 3.8) is 0 Å². The van der Waals surface area contributed by atoms with Crippen molar-refractivity contribution >= 4 is 29.5 Å². The van der Waals surface area contributed by atoms with Crippen molar-refractivity contribution < 1.29 is 0 Å². The topological polar surface area (TPSA) is 104 Å². The second kappa shape index (κ2) is 5.62. The van der Waals surface area contributed by atoms with Gasteiger partial charge in [-0.25, -0.2) is 0 Å². The first-order valence-electron chi connectivity index (χ1n) is 5.36. The molecule has 2 rings (SSSR count). The van der Waals surface area contributed by atoms with E-state index >= 15 is 0 Å². The van der Waals surface area contributed by atoms with Crippen LogP contribution in [-0.4, -0.2) is 0 Å². The van der Waals surface area contributed by atoms with E-state index in [0.29, 0.717) is 23.6 Å². The number of benzene rings is 2. The maximum absolute atomic E-state index is 6.00. The van der Waals surface area contributed by atoms with Crippen molar-refractivity contribution in [1.82, 2.24) is 0 Å². The summed E-state index contributed by atoms with van der Waals surface area (Å²) in [5.41, 5.74) is 28.1. The molecule has 8 N–H and O–H groups in total. The van der Waals surface area contributed by atoms with Gasteiger partial charge in [0, 0.05) is 29.2 Å². The van der Waals surface area contributed by atoms with Gasteiger partial charge in [-0.15, -0.1) is 12.4 Å². The Morgan fingerprint density at radius 1 is 0.889 bits per heavy atom. The first-order valence-corrected chi connectivity index (χ1v) is 5.36. The summed E-state index contributed by atoms with van der Waals surface area (Å²) in [5.74, 6) is 0. The van der Waals surface area contributed by atoms with Crippen LogP contribution in [0.1, 0.15) is 5.56 Å². The lowest BCUT2D eigenvalue weighted by Crippen LogP contribution is -2.06. The highest BCUT2D eigenvalue weighted by molar-refractivity contribution is 5.85. The van der Waals surface area contributed by atoms with Crippen LogP contribution in [0.5, 0.6) is 0 Å². The molecule has 96 valence electrons. The van der Waals surface area contributed by atoms with Crippen LogP contribution in [0.4, 0.5) is 17.1 Å². The molecule has 2 aromatic carbocycles. The fourth-order valence-corrected chi connectivity index (χ4v) is 1.94. The third-order valence-electron chi connectivity index (χ3n) is 2.76. The van der Waals surface area contributed by atoms with Crippen LogP contribution in [0.3, 0.4) is 0 Å². The Balaban J connectivity index is 0.00000162. The SMILES string of the molecule is Cl.NCc1c(N)ccc(N)c1-c1cccc(N)c1. The van der Waals surface area contributed by atoms with Crippen LogP contribution >= 0.6 is 12.4 Å². The van der Waals surface area contributed by atoms with Gasteiger partial charge in [0.25, 0.3) is 0 Å². The van der Waals surface area contributed by atoms with Crippen molar-refractivity contribution in [2.24, 2.45) is 5.73 Å². The molecule has 0 fully saturated rings. The predicted octanol–water partition coefficient (Wildman–Crippen LogP) is 1.98. The summed E-state index contributed by atoms with van der Waals surface area (Å²) in [5, 5.41) is 0. The molecule has 0 unspecified atom stereocenters. The molecule has 0 bridgehead atoms. The molecule has 2 aromatic rings. The Hall–Kier alpha value is -1.91. The molecule has 0 aliphatic carbocycles. The molecule has 0 atom stereocenters. The molecular weight excluding hydrogens is 248 g/mol. The molecule has 4 nitrogen and oxygen atoms in total. The predicted molar refractivity (Wildman–Crippen MR) is 80.3 cm³/mol. The van der Waals surface area contributed by atoms with Crippen molar-refractivity contribution in [3.05, 3.63) is 42.0 Å². The molecule has 0 heterocycles. The molecular formula is C13H17ClN4. The van der Waals surface area contributed by atoms with E-state index in [2.05, 4.69) is 0 Å². The average molecular weight is 265 g/mol. The Bertz CT molecular complexity index is 555. The number of nitrogens with two attached hydrogens (primary N) is 4. The van der Waals surface area contributed by atoms with E-state index in [-0.39, 0.29) is 12.4 Å². The summed E-state index contributed by atoms with van der Waals surface area (Å²) in [7, 11) is 0. The molecule has 0 aromatic heterocycles. The van der Waals surface area contributed by atoms with Gasteiger partial charge in [-0.2, -0.15) is 0 Å². The number of anilines is 3. The molecule has 0 saturated heterocycles. The van der Waals surface area contributed by atoms with Crippen LogP contribution in [-0.2, 0) is 6.54 Å². The van der Waals surface area contributed by atoms with E-state index < -0.39 is 0 Å². The van der Waals surface area contributed by atoms with E-state index in [9.17, 15) is 0 Å². The first kappa shape index (κ1) is 14.2. The van der Waals surface area contributed by atoms with Crippen LogP contribution in [0.25, 0.3) is 11.1 Å². The van der Waals surface area contributed by atoms with Gasteiger partial charge in [-0.05, 0) is 35.4 Å². The van der Waals surface area contributed by atoms with Crippen LogP contribution in [0, 0.1) is 0 Å². The number of hydrogen-bond acceptors (Lipinski definition) is 4. The number of halogens is 1. The summed E-state index contributed by atoms with van der Waals surface area (Å²) in [6, 6.07) is 11.1. The summed E-state index contributed by atoms with van der Waals surface area (Å²) in [6.07, 6.45) is 0. The van der Waals surface area contributed by atoms with Gasteiger partial charge in [0.1, 0.15) is 0 Å². The van der Waals surface area contributed by atoms with Crippen LogP contribution in [0.15, 0.2) is 36.4 Å². The van der Waals surface area contributed by atoms with Crippen LogP contribution in [0.2, 0.25) is 0 Å². The second-order valence-corrected chi connectivity index (χ2v) is 3.93. The van der Waals surface area contributed by atoms with E-state index in [0.717, 1.165) is 16.7 Å². The minimum absolute atomic E-state index is 0. The van der Waals surface area contributed by atoms with E-state index in [1.54, 1.807) is 12.1 Å². The Kier molecular flexibility index (Phi) is 4.42. The lowest BCUT2D eigenvalue weighted by atomic mass is 9.96. The summed E-state index contributed by atoms with van der Waals surface area (Å²) in [4.78, 5) is 0. The van der Waals surface area contributed by atoms with Gasteiger partial charge in [0.15, 0.2) is 0 Å².